The molecule has 1 aliphatic heterocycles. The van der Waals surface area contributed by atoms with Crippen LogP contribution < -0.4 is 10.2 Å². The molecule has 2 aromatic rings. The monoisotopic (exact) mass is 369 g/mol. The second-order valence-corrected chi connectivity index (χ2v) is 7.17. The molecule has 0 spiro atoms. The number of nitrogens with zero attached hydrogens (tertiary/aromatic N) is 2. The molecule has 0 unspecified atom stereocenters. The van der Waals surface area contributed by atoms with Gasteiger partial charge in [0.2, 0.25) is 11.8 Å². The first-order valence-corrected chi connectivity index (χ1v) is 9.36. The van der Waals surface area contributed by atoms with Crippen LogP contribution in [-0.2, 0) is 16.0 Å². The Bertz CT molecular complexity index is 768. The number of rotatable bonds is 7. The second kappa shape index (κ2) is 8.39. The van der Waals surface area contributed by atoms with Crippen LogP contribution in [0.15, 0.2) is 47.1 Å². The maximum atomic E-state index is 12.6. The maximum Gasteiger partial charge on any atom is 0.227 e. The smallest absolute Gasteiger partial charge is 0.227 e. The highest BCUT2D eigenvalue weighted by Crippen LogP contribution is 2.26. The summed E-state index contributed by atoms with van der Waals surface area (Å²) < 4.78 is 5.47. The molecular formula is C21H27N3O3. The molecule has 1 fully saturated rings. The van der Waals surface area contributed by atoms with Crippen LogP contribution in [0.5, 0.6) is 0 Å². The number of benzene rings is 1. The summed E-state index contributed by atoms with van der Waals surface area (Å²) in [5.74, 6) is 0.382. The molecule has 1 N–H and O–H groups in total. The average molecular weight is 369 g/mol. The quantitative estimate of drug-likeness (QED) is 0.815. The highest BCUT2D eigenvalue weighted by Gasteiger charge is 2.35. The van der Waals surface area contributed by atoms with E-state index in [1.165, 1.54) is 5.56 Å². The summed E-state index contributed by atoms with van der Waals surface area (Å²) in [6.45, 7) is 2.96. The third-order valence-electron chi connectivity index (χ3n) is 5.12. The molecular weight excluding hydrogens is 342 g/mol. The van der Waals surface area contributed by atoms with Gasteiger partial charge in [0, 0.05) is 25.2 Å². The van der Waals surface area contributed by atoms with E-state index in [9.17, 15) is 9.59 Å². The van der Waals surface area contributed by atoms with E-state index in [1.807, 2.05) is 55.4 Å². The van der Waals surface area contributed by atoms with E-state index < -0.39 is 0 Å². The van der Waals surface area contributed by atoms with E-state index in [-0.39, 0.29) is 30.2 Å². The molecule has 1 aromatic heterocycles. The number of aryl methyl sites for hydroxylation is 1. The Morgan fingerprint density at radius 3 is 2.63 bits per heavy atom. The molecule has 144 valence electrons. The number of hydrogen-bond donors (Lipinski definition) is 1. The summed E-state index contributed by atoms with van der Waals surface area (Å²) in [6.07, 6.45) is 2.84. The van der Waals surface area contributed by atoms with E-state index in [0.29, 0.717) is 13.1 Å². The van der Waals surface area contributed by atoms with Crippen LogP contribution >= 0.6 is 0 Å². The third kappa shape index (κ3) is 4.39. The third-order valence-corrected chi connectivity index (χ3v) is 5.12. The van der Waals surface area contributed by atoms with Crippen LogP contribution in [0.25, 0.3) is 0 Å². The van der Waals surface area contributed by atoms with Crippen molar-refractivity contribution >= 4 is 17.5 Å². The lowest BCUT2D eigenvalue weighted by Crippen LogP contribution is -2.38. The van der Waals surface area contributed by atoms with Gasteiger partial charge in [-0.3, -0.25) is 14.5 Å². The van der Waals surface area contributed by atoms with Gasteiger partial charge < -0.3 is 14.6 Å². The molecule has 0 saturated carbocycles. The zero-order valence-corrected chi connectivity index (χ0v) is 16.1. The Kier molecular flexibility index (Phi) is 5.96. The Labute approximate surface area is 160 Å². The fourth-order valence-corrected chi connectivity index (χ4v) is 3.40. The lowest BCUT2D eigenvalue weighted by Gasteiger charge is -2.23. The van der Waals surface area contributed by atoms with Gasteiger partial charge in [-0.15, -0.1) is 0 Å². The van der Waals surface area contributed by atoms with Gasteiger partial charge >= 0.3 is 0 Å². The second-order valence-electron chi connectivity index (χ2n) is 7.17. The maximum absolute atomic E-state index is 12.6. The zero-order chi connectivity index (χ0) is 19.4. The van der Waals surface area contributed by atoms with Gasteiger partial charge in [-0.05, 0) is 50.3 Å². The number of anilines is 1. The van der Waals surface area contributed by atoms with Crippen molar-refractivity contribution in [3.63, 3.8) is 0 Å². The van der Waals surface area contributed by atoms with Crippen molar-refractivity contribution in [3.8, 4) is 0 Å². The van der Waals surface area contributed by atoms with Crippen LogP contribution in [0.3, 0.4) is 0 Å². The highest BCUT2D eigenvalue weighted by molar-refractivity contribution is 6.00. The van der Waals surface area contributed by atoms with E-state index in [0.717, 1.165) is 17.9 Å². The summed E-state index contributed by atoms with van der Waals surface area (Å²) >= 11 is 0. The van der Waals surface area contributed by atoms with Crippen molar-refractivity contribution in [2.45, 2.75) is 25.8 Å². The zero-order valence-electron chi connectivity index (χ0n) is 16.1. The number of likely N-dealkylation sites (N-methyl/N-ethyl adjacent to an activating group) is 1. The predicted octanol–water partition coefficient (Wildman–Crippen LogP) is 2.61. The van der Waals surface area contributed by atoms with E-state index in [4.69, 9.17) is 4.42 Å². The van der Waals surface area contributed by atoms with Crippen LogP contribution in [0.4, 0.5) is 5.69 Å². The van der Waals surface area contributed by atoms with Gasteiger partial charge in [-0.2, -0.15) is 0 Å². The largest absolute Gasteiger partial charge is 0.468 e. The van der Waals surface area contributed by atoms with Crippen molar-refractivity contribution in [1.82, 2.24) is 10.2 Å². The number of carbonyl (C=O) groups excluding carboxylic acids is 2. The molecule has 2 atom stereocenters. The van der Waals surface area contributed by atoms with Crippen molar-refractivity contribution in [2.75, 3.05) is 32.1 Å². The Balaban J connectivity index is 1.60. The van der Waals surface area contributed by atoms with Crippen LogP contribution in [-0.4, -0.2) is 43.9 Å². The van der Waals surface area contributed by atoms with Crippen molar-refractivity contribution < 1.29 is 14.0 Å². The minimum Gasteiger partial charge on any atom is -0.468 e. The topological polar surface area (TPSA) is 65.8 Å². The van der Waals surface area contributed by atoms with Crippen LogP contribution in [0.1, 0.15) is 30.7 Å². The number of nitrogens with one attached hydrogen (secondary N) is 1. The van der Waals surface area contributed by atoms with Gasteiger partial charge in [-0.25, -0.2) is 0 Å². The molecule has 0 aliphatic carbocycles. The lowest BCUT2D eigenvalue weighted by atomic mass is 10.1. The predicted molar refractivity (Wildman–Crippen MR) is 104 cm³/mol. The fourth-order valence-electron chi connectivity index (χ4n) is 3.40. The summed E-state index contributed by atoms with van der Waals surface area (Å²) in [4.78, 5) is 28.7. The Morgan fingerprint density at radius 1 is 1.30 bits per heavy atom. The number of furan rings is 1. The molecule has 3 rings (SSSR count). The number of carbonyl (C=O) groups is 2. The average Bonchev–Trinajstić information content (AvgIpc) is 3.31. The molecule has 2 amide bonds. The van der Waals surface area contributed by atoms with E-state index in [2.05, 4.69) is 12.2 Å². The standard InChI is InChI=1S/C21H27N3O3/c1-4-15-7-9-17(10-8-15)24-14-16(12-20(24)25)21(26)22-13-18(23(2)3)19-6-5-11-27-19/h5-11,16,18H,4,12-14H2,1-3H3,(H,22,26)/t16-,18-/m0/s1. The van der Waals surface area contributed by atoms with Crippen LogP contribution in [0.2, 0.25) is 0 Å². The minimum atomic E-state index is -0.331. The summed E-state index contributed by atoms with van der Waals surface area (Å²) in [5, 5.41) is 2.99. The molecule has 2 heterocycles. The lowest BCUT2D eigenvalue weighted by molar-refractivity contribution is -0.126. The molecule has 1 saturated heterocycles. The number of amides is 2. The first kappa shape index (κ1) is 19.2. The fraction of sp³-hybridized carbons (Fsp3) is 0.429. The minimum absolute atomic E-state index is 0.00501. The van der Waals surface area contributed by atoms with Crippen molar-refractivity contribution in [3.05, 3.63) is 54.0 Å². The van der Waals surface area contributed by atoms with Crippen molar-refractivity contribution in [2.24, 2.45) is 5.92 Å². The highest BCUT2D eigenvalue weighted by atomic mass is 16.3. The molecule has 6 nitrogen and oxygen atoms in total. The van der Waals surface area contributed by atoms with Gasteiger partial charge in [0.05, 0.1) is 18.2 Å². The van der Waals surface area contributed by atoms with E-state index >= 15 is 0 Å². The molecule has 1 aliphatic rings. The Morgan fingerprint density at radius 2 is 2.04 bits per heavy atom. The number of hydrogen-bond acceptors (Lipinski definition) is 4. The first-order valence-electron chi connectivity index (χ1n) is 9.36. The van der Waals surface area contributed by atoms with Gasteiger partial charge in [0.15, 0.2) is 0 Å². The molecule has 6 heteroatoms. The van der Waals surface area contributed by atoms with Gasteiger partial charge in [0.25, 0.3) is 0 Å². The summed E-state index contributed by atoms with van der Waals surface area (Å²) in [5.41, 5.74) is 2.08. The normalized spacial score (nSPS) is 18.1. The SMILES string of the molecule is CCc1ccc(N2C[C@@H](C(=O)NC[C@@H](c3ccco3)N(C)C)CC2=O)cc1. The molecule has 27 heavy (non-hydrogen) atoms. The van der Waals surface area contributed by atoms with Gasteiger partial charge in [0.1, 0.15) is 5.76 Å². The summed E-state index contributed by atoms with van der Waals surface area (Å²) in [7, 11) is 3.89. The Hall–Kier alpha value is -2.60. The van der Waals surface area contributed by atoms with Gasteiger partial charge in [-0.1, -0.05) is 19.1 Å². The summed E-state index contributed by atoms with van der Waals surface area (Å²) in [6, 6.07) is 11.7. The van der Waals surface area contributed by atoms with Crippen molar-refractivity contribution in [1.29, 1.82) is 0 Å². The van der Waals surface area contributed by atoms with Crippen LogP contribution in [0, 0.1) is 5.92 Å². The van der Waals surface area contributed by atoms with E-state index in [1.54, 1.807) is 11.2 Å². The molecule has 1 aromatic carbocycles. The molecule has 0 bridgehead atoms. The molecule has 0 radical (unpaired) electrons. The first-order chi connectivity index (χ1) is 13.0.